The van der Waals surface area contributed by atoms with Crippen molar-refractivity contribution in [3.63, 3.8) is 0 Å². The molecular formula is C15H18BrNS. The standard InChI is InChI=1S/C15H18BrNS/c1-3-17-15(13-7-11(2)18-10-13)9-12-5-4-6-14(16)8-12/h4-8,10,15,17H,3,9H2,1-2H3. The van der Waals surface area contributed by atoms with E-state index < -0.39 is 0 Å². The molecule has 2 rings (SSSR count). The van der Waals surface area contributed by atoms with E-state index in [2.05, 4.69) is 70.8 Å². The van der Waals surface area contributed by atoms with Gasteiger partial charge in [0.1, 0.15) is 0 Å². The van der Waals surface area contributed by atoms with Crippen LogP contribution in [0.15, 0.2) is 40.2 Å². The lowest BCUT2D eigenvalue weighted by atomic mass is 10.0. The average molecular weight is 324 g/mol. The highest BCUT2D eigenvalue weighted by atomic mass is 79.9. The first-order valence-electron chi connectivity index (χ1n) is 6.22. The molecule has 1 N–H and O–H groups in total. The Labute approximate surface area is 121 Å². The average Bonchev–Trinajstić information content (AvgIpc) is 2.75. The Bertz CT molecular complexity index is 507. The quantitative estimate of drug-likeness (QED) is 0.840. The van der Waals surface area contributed by atoms with E-state index in [1.54, 1.807) is 0 Å². The lowest BCUT2D eigenvalue weighted by molar-refractivity contribution is 0.551. The molecule has 2 aromatic rings. The first kappa shape index (κ1) is 13.8. The first-order valence-corrected chi connectivity index (χ1v) is 7.89. The number of rotatable bonds is 5. The zero-order chi connectivity index (χ0) is 13.0. The van der Waals surface area contributed by atoms with E-state index in [-0.39, 0.29) is 0 Å². The summed E-state index contributed by atoms with van der Waals surface area (Å²) in [5, 5.41) is 5.84. The predicted molar refractivity (Wildman–Crippen MR) is 83.3 cm³/mol. The van der Waals surface area contributed by atoms with Crippen molar-refractivity contribution in [2.75, 3.05) is 6.54 Å². The van der Waals surface area contributed by atoms with Crippen LogP contribution in [0.3, 0.4) is 0 Å². The molecule has 0 aliphatic rings. The molecular weight excluding hydrogens is 306 g/mol. The van der Waals surface area contributed by atoms with Gasteiger partial charge >= 0.3 is 0 Å². The molecule has 1 heterocycles. The van der Waals surface area contributed by atoms with E-state index in [1.807, 2.05) is 11.3 Å². The summed E-state index contributed by atoms with van der Waals surface area (Å²) < 4.78 is 1.15. The zero-order valence-electron chi connectivity index (χ0n) is 10.7. The Hall–Kier alpha value is -0.640. The molecule has 0 saturated carbocycles. The highest BCUT2D eigenvalue weighted by Gasteiger charge is 2.12. The van der Waals surface area contributed by atoms with E-state index in [4.69, 9.17) is 0 Å². The van der Waals surface area contributed by atoms with Gasteiger partial charge in [0.25, 0.3) is 0 Å². The molecule has 0 saturated heterocycles. The second-order valence-corrected chi connectivity index (χ2v) is 6.47. The fourth-order valence-electron chi connectivity index (χ4n) is 2.10. The van der Waals surface area contributed by atoms with Gasteiger partial charge in [-0.2, -0.15) is 0 Å². The number of thiophene rings is 1. The van der Waals surface area contributed by atoms with Crippen LogP contribution in [0.4, 0.5) is 0 Å². The van der Waals surface area contributed by atoms with Crippen LogP contribution in [-0.4, -0.2) is 6.54 Å². The largest absolute Gasteiger partial charge is 0.310 e. The Balaban J connectivity index is 2.16. The van der Waals surface area contributed by atoms with Gasteiger partial charge in [-0.05, 0) is 54.6 Å². The van der Waals surface area contributed by atoms with Crippen LogP contribution in [0, 0.1) is 6.92 Å². The van der Waals surface area contributed by atoms with E-state index in [9.17, 15) is 0 Å². The van der Waals surface area contributed by atoms with Gasteiger partial charge in [0.15, 0.2) is 0 Å². The molecule has 0 bridgehead atoms. The van der Waals surface area contributed by atoms with Gasteiger partial charge in [-0.25, -0.2) is 0 Å². The van der Waals surface area contributed by atoms with Crippen molar-refractivity contribution < 1.29 is 0 Å². The van der Waals surface area contributed by atoms with Crippen LogP contribution in [0.1, 0.15) is 29.0 Å². The summed E-state index contributed by atoms with van der Waals surface area (Å²) in [4.78, 5) is 1.38. The maximum absolute atomic E-state index is 3.57. The second-order valence-electron chi connectivity index (χ2n) is 4.43. The molecule has 1 unspecified atom stereocenters. The Kier molecular flexibility index (Phi) is 4.98. The van der Waals surface area contributed by atoms with Gasteiger partial charge in [0.05, 0.1) is 0 Å². The molecule has 1 aromatic carbocycles. The Morgan fingerprint density at radius 3 is 2.78 bits per heavy atom. The molecule has 18 heavy (non-hydrogen) atoms. The maximum atomic E-state index is 3.57. The highest BCUT2D eigenvalue weighted by Crippen LogP contribution is 2.24. The lowest BCUT2D eigenvalue weighted by Crippen LogP contribution is -2.22. The smallest absolute Gasteiger partial charge is 0.0369 e. The van der Waals surface area contributed by atoms with Crippen molar-refractivity contribution in [2.45, 2.75) is 26.3 Å². The van der Waals surface area contributed by atoms with Gasteiger partial charge in [0, 0.05) is 15.4 Å². The van der Waals surface area contributed by atoms with E-state index in [0.29, 0.717) is 6.04 Å². The van der Waals surface area contributed by atoms with Crippen molar-refractivity contribution >= 4 is 27.3 Å². The molecule has 96 valence electrons. The number of nitrogens with one attached hydrogen (secondary N) is 1. The summed E-state index contributed by atoms with van der Waals surface area (Å²) in [6.45, 7) is 5.32. The minimum absolute atomic E-state index is 0.411. The zero-order valence-corrected chi connectivity index (χ0v) is 13.1. The molecule has 1 atom stereocenters. The molecule has 3 heteroatoms. The summed E-state index contributed by atoms with van der Waals surface area (Å²) in [6.07, 6.45) is 1.03. The minimum Gasteiger partial charge on any atom is -0.310 e. The molecule has 0 amide bonds. The molecule has 0 aliphatic heterocycles. The fourth-order valence-corrected chi connectivity index (χ4v) is 3.31. The van der Waals surface area contributed by atoms with Crippen molar-refractivity contribution in [1.82, 2.24) is 5.32 Å². The van der Waals surface area contributed by atoms with Gasteiger partial charge < -0.3 is 5.32 Å². The third-order valence-corrected chi connectivity index (χ3v) is 4.31. The monoisotopic (exact) mass is 323 g/mol. The molecule has 0 fully saturated rings. The number of benzene rings is 1. The molecule has 0 radical (unpaired) electrons. The van der Waals surface area contributed by atoms with Crippen molar-refractivity contribution in [1.29, 1.82) is 0 Å². The summed E-state index contributed by atoms with van der Waals surface area (Å²) in [6, 6.07) is 11.3. The lowest BCUT2D eigenvalue weighted by Gasteiger charge is -2.17. The summed E-state index contributed by atoms with van der Waals surface area (Å²) >= 11 is 5.36. The van der Waals surface area contributed by atoms with Crippen LogP contribution in [0.2, 0.25) is 0 Å². The van der Waals surface area contributed by atoms with Crippen molar-refractivity contribution in [2.24, 2.45) is 0 Å². The predicted octanol–water partition coefficient (Wildman–Crippen LogP) is 4.71. The number of likely N-dealkylation sites (N-methyl/N-ethyl adjacent to an activating group) is 1. The number of aryl methyl sites for hydroxylation is 1. The highest BCUT2D eigenvalue weighted by molar-refractivity contribution is 9.10. The van der Waals surface area contributed by atoms with E-state index >= 15 is 0 Å². The number of hydrogen-bond acceptors (Lipinski definition) is 2. The third kappa shape index (κ3) is 3.67. The molecule has 1 aromatic heterocycles. The minimum atomic E-state index is 0.411. The maximum Gasteiger partial charge on any atom is 0.0369 e. The SMILES string of the molecule is CCNC(Cc1cccc(Br)c1)c1csc(C)c1. The van der Waals surface area contributed by atoms with E-state index in [1.165, 1.54) is 16.0 Å². The van der Waals surface area contributed by atoms with Crippen molar-refractivity contribution in [3.8, 4) is 0 Å². The Morgan fingerprint density at radius 2 is 2.17 bits per heavy atom. The van der Waals surface area contributed by atoms with Crippen LogP contribution in [-0.2, 0) is 6.42 Å². The van der Waals surface area contributed by atoms with Crippen LogP contribution in [0.25, 0.3) is 0 Å². The molecule has 0 aliphatic carbocycles. The summed E-state index contributed by atoms with van der Waals surface area (Å²) in [7, 11) is 0. The van der Waals surface area contributed by atoms with E-state index in [0.717, 1.165) is 17.4 Å². The molecule has 0 spiro atoms. The third-order valence-electron chi connectivity index (χ3n) is 2.93. The van der Waals surface area contributed by atoms with Crippen LogP contribution < -0.4 is 5.32 Å². The normalized spacial score (nSPS) is 12.6. The summed E-state index contributed by atoms with van der Waals surface area (Å²) in [5.74, 6) is 0. The first-order chi connectivity index (χ1) is 8.69. The summed E-state index contributed by atoms with van der Waals surface area (Å²) in [5.41, 5.74) is 2.76. The van der Waals surface area contributed by atoms with Gasteiger partial charge in [-0.15, -0.1) is 11.3 Å². The van der Waals surface area contributed by atoms with Crippen LogP contribution in [0.5, 0.6) is 0 Å². The van der Waals surface area contributed by atoms with Gasteiger partial charge in [-0.3, -0.25) is 0 Å². The van der Waals surface area contributed by atoms with Gasteiger partial charge in [0.2, 0.25) is 0 Å². The number of halogens is 1. The number of hydrogen-bond donors (Lipinski definition) is 1. The fraction of sp³-hybridized carbons (Fsp3) is 0.333. The molecule has 1 nitrogen and oxygen atoms in total. The van der Waals surface area contributed by atoms with Crippen LogP contribution >= 0.6 is 27.3 Å². The topological polar surface area (TPSA) is 12.0 Å². The second kappa shape index (κ2) is 6.50. The van der Waals surface area contributed by atoms with Gasteiger partial charge in [-0.1, -0.05) is 35.0 Å². The Morgan fingerprint density at radius 1 is 1.33 bits per heavy atom. The van der Waals surface area contributed by atoms with Crippen molar-refractivity contribution in [3.05, 3.63) is 56.2 Å².